The van der Waals surface area contributed by atoms with E-state index in [-0.39, 0.29) is 6.03 Å². The van der Waals surface area contributed by atoms with Gasteiger partial charge in [-0.1, -0.05) is 19.8 Å². The van der Waals surface area contributed by atoms with E-state index < -0.39 is 0 Å². The fraction of sp³-hybridized carbons (Fsp3) is 0.722. The first-order valence-corrected chi connectivity index (χ1v) is 9.59. The minimum Gasteiger partial charge on any atom is -0.336 e. The molecule has 1 saturated carbocycles. The van der Waals surface area contributed by atoms with E-state index in [1.807, 2.05) is 0 Å². The van der Waals surface area contributed by atoms with E-state index in [0.29, 0.717) is 12.1 Å². The third-order valence-corrected chi connectivity index (χ3v) is 5.82. The number of nitrogens with one attached hydrogen (secondary N) is 1. The zero-order valence-corrected chi connectivity index (χ0v) is 15.8. The van der Waals surface area contributed by atoms with Crippen molar-refractivity contribution in [1.29, 1.82) is 0 Å². The number of hydrogen-bond donors (Lipinski definition) is 1. The first kappa shape index (κ1) is 18.3. The lowest BCUT2D eigenvalue weighted by Crippen LogP contribution is -2.48. The highest BCUT2D eigenvalue weighted by molar-refractivity contribution is 7.11. The number of rotatable bonds is 7. The third-order valence-electron chi connectivity index (χ3n) is 4.84. The fourth-order valence-corrected chi connectivity index (χ4v) is 4.21. The lowest BCUT2D eigenvalue weighted by Gasteiger charge is -2.30. The number of nitrogens with zero attached hydrogens (tertiary/aromatic N) is 2. The summed E-state index contributed by atoms with van der Waals surface area (Å²) in [6.07, 6.45) is 5.81. The molecule has 0 aromatic carbocycles. The van der Waals surface area contributed by atoms with Crippen molar-refractivity contribution >= 4 is 17.4 Å². The van der Waals surface area contributed by atoms with Gasteiger partial charge in [0.05, 0.1) is 6.54 Å². The molecule has 5 heteroatoms. The Hall–Kier alpha value is -1.07. The average Bonchev–Trinajstić information content (AvgIpc) is 3.16. The van der Waals surface area contributed by atoms with Crippen molar-refractivity contribution in [1.82, 2.24) is 15.1 Å². The molecule has 1 atom stereocenters. The highest BCUT2D eigenvalue weighted by Gasteiger charge is 2.27. The summed E-state index contributed by atoms with van der Waals surface area (Å²) in [5.41, 5.74) is 0. The van der Waals surface area contributed by atoms with Gasteiger partial charge in [0.1, 0.15) is 0 Å². The second-order valence-electron chi connectivity index (χ2n) is 6.79. The maximum atomic E-state index is 12.8. The maximum absolute atomic E-state index is 12.8. The summed E-state index contributed by atoms with van der Waals surface area (Å²) in [6.45, 7) is 5.75. The van der Waals surface area contributed by atoms with Crippen LogP contribution in [0.4, 0.5) is 4.79 Å². The second kappa shape index (κ2) is 8.69. The monoisotopic (exact) mass is 337 g/mol. The lowest BCUT2D eigenvalue weighted by molar-refractivity contribution is 0.167. The summed E-state index contributed by atoms with van der Waals surface area (Å²) >= 11 is 1.80. The van der Waals surface area contributed by atoms with Crippen LogP contribution in [-0.4, -0.2) is 48.6 Å². The van der Waals surface area contributed by atoms with Gasteiger partial charge in [0.25, 0.3) is 0 Å². The van der Waals surface area contributed by atoms with Gasteiger partial charge < -0.3 is 15.1 Å². The van der Waals surface area contributed by atoms with Crippen molar-refractivity contribution in [2.75, 3.05) is 20.6 Å². The highest BCUT2D eigenvalue weighted by Crippen LogP contribution is 2.26. The van der Waals surface area contributed by atoms with Crippen molar-refractivity contribution in [3.8, 4) is 0 Å². The Kier molecular flexibility index (Phi) is 6.90. The number of carbonyl (C=O) groups is 1. The van der Waals surface area contributed by atoms with Gasteiger partial charge in [0.2, 0.25) is 0 Å². The Morgan fingerprint density at radius 1 is 1.35 bits per heavy atom. The van der Waals surface area contributed by atoms with Gasteiger partial charge in [-0.05, 0) is 52.4 Å². The molecule has 2 rings (SSSR count). The molecule has 1 aliphatic rings. The van der Waals surface area contributed by atoms with Crippen LogP contribution in [-0.2, 0) is 6.54 Å². The van der Waals surface area contributed by atoms with E-state index in [0.717, 1.165) is 32.4 Å². The highest BCUT2D eigenvalue weighted by atomic mass is 32.1. The number of aryl methyl sites for hydroxylation is 1. The van der Waals surface area contributed by atoms with E-state index in [1.165, 1.54) is 22.6 Å². The molecule has 1 aromatic heterocycles. The largest absolute Gasteiger partial charge is 0.336 e. The van der Waals surface area contributed by atoms with Crippen LogP contribution in [0.5, 0.6) is 0 Å². The van der Waals surface area contributed by atoms with Gasteiger partial charge >= 0.3 is 6.03 Å². The smallest absolute Gasteiger partial charge is 0.318 e. The van der Waals surface area contributed by atoms with Crippen molar-refractivity contribution in [2.24, 2.45) is 0 Å². The van der Waals surface area contributed by atoms with Gasteiger partial charge in [0, 0.05) is 28.4 Å². The Labute approximate surface area is 144 Å². The van der Waals surface area contributed by atoms with Crippen LogP contribution >= 0.6 is 11.3 Å². The summed E-state index contributed by atoms with van der Waals surface area (Å²) in [5.74, 6) is 0. The summed E-state index contributed by atoms with van der Waals surface area (Å²) < 4.78 is 0. The zero-order valence-electron chi connectivity index (χ0n) is 15.0. The summed E-state index contributed by atoms with van der Waals surface area (Å²) in [6, 6.07) is 5.20. The molecule has 0 spiro atoms. The molecule has 1 aromatic rings. The van der Waals surface area contributed by atoms with E-state index in [2.05, 4.69) is 55.2 Å². The topological polar surface area (TPSA) is 35.6 Å². The lowest BCUT2D eigenvalue weighted by atomic mass is 10.2. The molecule has 0 saturated heterocycles. The Balaban J connectivity index is 1.99. The quantitative estimate of drug-likeness (QED) is 0.820. The fourth-order valence-electron chi connectivity index (χ4n) is 3.32. The van der Waals surface area contributed by atoms with Crippen molar-refractivity contribution in [3.63, 3.8) is 0 Å². The molecule has 1 aliphatic carbocycles. The average molecular weight is 338 g/mol. The first-order valence-electron chi connectivity index (χ1n) is 8.77. The van der Waals surface area contributed by atoms with Gasteiger partial charge in [-0.2, -0.15) is 0 Å². The van der Waals surface area contributed by atoms with E-state index in [4.69, 9.17) is 0 Å². The van der Waals surface area contributed by atoms with E-state index in [1.54, 1.807) is 11.3 Å². The summed E-state index contributed by atoms with van der Waals surface area (Å²) in [5, 5.41) is 3.17. The number of likely N-dealkylation sites (N-methyl/N-ethyl adjacent to an activating group) is 1. The molecular formula is C18H31N3OS. The van der Waals surface area contributed by atoms with Crippen LogP contribution in [0.3, 0.4) is 0 Å². The Morgan fingerprint density at radius 2 is 2.04 bits per heavy atom. The molecule has 23 heavy (non-hydrogen) atoms. The molecule has 0 aliphatic heterocycles. The predicted molar refractivity (Wildman–Crippen MR) is 98.0 cm³/mol. The number of carbonyl (C=O) groups excluding carboxylic acids is 1. The minimum absolute atomic E-state index is 0.100. The molecule has 1 heterocycles. The number of thiophene rings is 1. The standard InChI is InChI=1S/C18H31N3OS/c1-5-15(20(3)4)12-19-18(22)21(16-8-6-7-9-16)13-17-11-10-14(2)23-17/h10-11,15-16H,5-9,12-13H2,1-4H3,(H,19,22)/t15-/m1/s1. The van der Waals surface area contributed by atoms with Crippen molar-refractivity contribution in [3.05, 3.63) is 21.9 Å². The van der Waals surface area contributed by atoms with E-state index in [9.17, 15) is 4.79 Å². The van der Waals surface area contributed by atoms with Crippen LogP contribution in [0.25, 0.3) is 0 Å². The van der Waals surface area contributed by atoms with Crippen LogP contribution in [0, 0.1) is 6.92 Å². The molecule has 0 bridgehead atoms. The SMILES string of the molecule is CC[C@H](CNC(=O)N(Cc1ccc(C)s1)C1CCCC1)N(C)C. The molecule has 2 amide bonds. The molecule has 4 nitrogen and oxygen atoms in total. The molecule has 130 valence electrons. The second-order valence-corrected chi connectivity index (χ2v) is 8.16. The Morgan fingerprint density at radius 3 is 2.57 bits per heavy atom. The molecular weight excluding hydrogens is 306 g/mol. The summed E-state index contributed by atoms with van der Waals surface area (Å²) in [7, 11) is 4.15. The summed E-state index contributed by atoms with van der Waals surface area (Å²) in [4.78, 5) is 19.6. The predicted octanol–water partition coefficient (Wildman–Crippen LogP) is 3.85. The van der Waals surface area contributed by atoms with Crippen LogP contribution in [0.1, 0.15) is 48.8 Å². The molecule has 0 radical (unpaired) electrons. The molecule has 0 unspecified atom stereocenters. The first-order chi connectivity index (χ1) is 11.0. The minimum atomic E-state index is 0.100. The van der Waals surface area contributed by atoms with Crippen molar-refractivity contribution in [2.45, 2.75) is 64.6 Å². The van der Waals surface area contributed by atoms with Gasteiger partial charge in [0.15, 0.2) is 0 Å². The zero-order chi connectivity index (χ0) is 16.8. The third kappa shape index (κ3) is 5.21. The van der Waals surface area contributed by atoms with Crippen LogP contribution in [0.2, 0.25) is 0 Å². The normalized spacial score (nSPS) is 16.7. The number of amides is 2. The maximum Gasteiger partial charge on any atom is 0.318 e. The van der Waals surface area contributed by atoms with Crippen LogP contribution in [0.15, 0.2) is 12.1 Å². The van der Waals surface area contributed by atoms with Crippen LogP contribution < -0.4 is 5.32 Å². The van der Waals surface area contributed by atoms with Crippen molar-refractivity contribution < 1.29 is 4.79 Å². The van der Waals surface area contributed by atoms with Gasteiger partial charge in [-0.25, -0.2) is 4.79 Å². The molecule has 1 N–H and O–H groups in total. The number of hydrogen-bond acceptors (Lipinski definition) is 3. The van der Waals surface area contributed by atoms with Gasteiger partial charge in [-0.3, -0.25) is 0 Å². The van der Waals surface area contributed by atoms with E-state index >= 15 is 0 Å². The molecule has 1 fully saturated rings. The number of urea groups is 1. The van der Waals surface area contributed by atoms with Gasteiger partial charge in [-0.15, -0.1) is 11.3 Å². The Bertz CT molecular complexity index is 494.